The van der Waals surface area contributed by atoms with Crippen LogP contribution in [-0.2, 0) is 12.8 Å². The van der Waals surface area contributed by atoms with Crippen molar-refractivity contribution in [3.05, 3.63) is 61.5 Å². The fourth-order valence-electron chi connectivity index (χ4n) is 4.30. The molecule has 0 radical (unpaired) electrons. The van der Waals surface area contributed by atoms with Crippen LogP contribution in [0.5, 0.6) is 0 Å². The molecule has 0 spiro atoms. The molecular weight excluding hydrogens is 408 g/mol. The number of piperazine rings is 1. The topological polar surface area (TPSA) is 57.9 Å². The second kappa shape index (κ2) is 7.15. The number of anilines is 1. The second-order valence-electron chi connectivity index (χ2n) is 7.63. The number of rotatable bonds is 2. The molecule has 1 aromatic carbocycles. The number of hydrogen-bond donors (Lipinski definition) is 0. The zero-order valence-corrected chi connectivity index (χ0v) is 17.7. The van der Waals surface area contributed by atoms with Crippen LogP contribution in [0.25, 0.3) is 4.96 Å². The maximum absolute atomic E-state index is 13.1. The molecule has 3 aromatic rings. The van der Waals surface area contributed by atoms with Gasteiger partial charge in [-0.3, -0.25) is 14.0 Å². The van der Waals surface area contributed by atoms with Gasteiger partial charge in [-0.2, -0.15) is 0 Å². The third kappa shape index (κ3) is 3.13. The number of halogens is 1. The lowest BCUT2D eigenvalue weighted by Crippen LogP contribution is -2.50. The molecule has 1 amide bonds. The Kier molecular flexibility index (Phi) is 4.59. The number of thiazole rings is 1. The van der Waals surface area contributed by atoms with E-state index in [9.17, 15) is 9.59 Å². The summed E-state index contributed by atoms with van der Waals surface area (Å²) in [5.41, 5.74) is 3.24. The molecule has 2 aromatic heterocycles. The number of nitrogens with zero attached hydrogens (tertiary/aromatic N) is 4. The van der Waals surface area contributed by atoms with Crippen molar-refractivity contribution in [2.45, 2.75) is 26.2 Å². The smallest absolute Gasteiger partial charge is 0.271 e. The van der Waals surface area contributed by atoms with E-state index in [1.165, 1.54) is 11.1 Å². The summed E-state index contributed by atoms with van der Waals surface area (Å²) in [5, 5.41) is 0.708. The summed E-state index contributed by atoms with van der Waals surface area (Å²) in [6.45, 7) is 4.60. The largest absolute Gasteiger partial charge is 0.368 e. The van der Waals surface area contributed by atoms with Gasteiger partial charge in [-0.05, 0) is 43.9 Å². The first kappa shape index (κ1) is 18.6. The Hall–Kier alpha value is -2.38. The first-order valence-corrected chi connectivity index (χ1v) is 11.0. The number of amides is 1. The maximum atomic E-state index is 13.1. The molecule has 150 valence electrons. The molecule has 2 aliphatic rings. The zero-order chi connectivity index (χ0) is 20.1. The van der Waals surface area contributed by atoms with Crippen molar-refractivity contribution in [2.75, 3.05) is 31.1 Å². The van der Waals surface area contributed by atoms with Crippen LogP contribution in [0.3, 0.4) is 0 Å². The molecule has 0 bridgehead atoms. The molecule has 29 heavy (non-hydrogen) atoms. The average molecular weight is 429 g/mol. The third-order valence-electron chi connectivity index (χ3n) is 5.86. The summed E-state index contributed by atoms with van der Waals surface area (Å²) in [4.78, 5) is 36.5. The van der Waals surface area contributed by atoms with E-state index < -0.39 is 0 Å². The Bertz CT molecular complexity index is 1180. The Labute approximate surface area is 177 Å². The van der Waals surface area contributed by atoms with Gasteiger partial charge in [0.2, 0.25) is 0 Å². The van der Waals surface area contributed by atoms with E-state index in [0.29, 0.717) is 36.2 Å². The van der Waals surface area contributed by atoms with Crippen molar-refractivity contribution in [3.63, 3.8) is 0 Å². The standard InChI is InChI=1S/C21H21ClN4O2S/c1-13-5-6-14(22)11-17(13)24-7-9-25(10-8-24)19(27)15-12-23-21-26(20(15)28)16-3-2-4-18(16)29-21/h5-6,11-12H,2-4,7-10H2,1H3. The molecule has 0 saturated carbocycles. The average Bonchev–Trinajstić information content (AvgIpc) is 3.31. The highest BCUT2D eigenvalue weighted by Crippen LogP contribution is 2.29. The number of carbonyl (C=O) groups is 1. The summed E-state index contributed by atoms with van der Waals surface area (Å²) in [6.07, 6.45) is 4.40. The van der Waals surface area contributed by atoms with Crippen LogP contribution < -0.4 is 10.5 Å². The Morgan fingerprint density at radius 1 is 1.17 bits per heavy atom. The van der Waals surface area contributed by atoms with Crippen molar-refractivity contribution in [3.8, 4) is 0 Å². The van der Waals surface area contributed by atoms with Crippen LogP contribution in [0, 0.1) is 6.92 Å². The Morgan fingerprint density at radius 2 is 1.97 bits per heavy atom. The second-order valence-corrected chi connectivity index (χ2v) is 9.13. The number of aromatic nitrogens is 2. The highest BCUT2D eigenvalue weighted by Gasteiger charge is 2.27. The van der Waals surface area contributed by atoms with E-state index in [2.05, 4.69) is 16.8 Å². The molecule has 5 rings (SSSR count). The van der Waals surface area contributed by atoms with Crippen LogP contribution in [0.15, 0.2) is 29.2 Å². The van der Waals surface area contributed by atoms with Gasteiger partial charge < -0.3 is 9.80 Å². The maximum Gasteiger partial charge on any atom is 0.271 e. The lowest BCUT2D eigenvalue weighted by molar-refractivity contribution is 0.0744. The van der Waals surface area contributed by atoms with Gasteiger partial charge >= 0.3 is 0 Å². The van der Waals surface area contributed by atoms with Crippen molar-refractivity contribution >= 4 is 39.5 Å². The van der Waals surface area contributed by atoms with Crippen molar-refractivity contribution in [1.29, 1.82) is 0 Å². The van der Waals surface area contributed by atoms with Gasteiger partial charge in [-0.15, -0.1) is 11.3 Å². The van der Waals surface area contributed by atoms with Crippen molar-refractivity contribution < 1.29 is 4.79 Å². The molecule has 0 N–H and O–H groups in total. The van der Waals surface area contributed by atoms with Gasteiger partial charge in [0.25, 0.3) is 11.5 Å². The molecule has 8 heteroatoms. The minimum atomic E-state index is -0.229. The highest BCUT2D eigenvalue weighted by atomic mass is 35.5. The quantitative estimate of drug-likeness (QED) is 0.629. The SMILES string of the molecule is Cc1ccc(Cl)cc1N1CCN(C(=O)c2cnc3sc4c(n3c2=O)CCC4)CC1. The van der Waals surface area contributed by atoms with Crippen LogP contribution in [0.2, 0.25) is 5.02 Å². The minimum absolute atomic E-state index is 0.169. The first-order valence-electron chi connectivity index (χ1n) is 9.85. The molecule has 1 aliphatic heterocycles. The van der Waals surface area contributed by atoms with Crippen molar-refractivity contribution in [1.82, 2.24) is 14.3 Å². The summed E-state index contributed by atoms with van der Waals surface area (Å²) < 4.78 is 1.66. The normalized spacial score (nSPS) is 16.5. The lowest BCUT2D eigenvalue weighted by atomic mass is 10.1. The molecule has 0 atom stereocenters. The van der Waals surface area contributed by atoms with E-state index in [-0.39, 0.29) is 17.0 Å². The van der Waals surface area contributed by atoms with Gasteiger partial charge in [0.05, 0.1) is 0 Å². The van der Waals surface area contributed by atoms with E-state index in [1.807, 2.05) is 18.2 Å². The summed E-state index contributed by atoms with van der Waals surface area (Å²) in [7, 11) is 0. The van der Waals surface area contributed by atoms with E-state index in [4.69, 9.17) is 11.6 Å². The van der Waals surface area contributed by atoms with E-state index in [1.54, 1.807) is 20.6 Å². The van der Waals surface area contributed by atoms with E-state index in [0.717, 1.165) is 36.2 Å². The number of hydrogen-bond acceptors (Lipinski definition) is 5. The van der Waals surface area contributed by atoms with Gasteiger partial charge in [0, 0.05) is 53.7 Å². The number of carbonyl (C=O) groups excluding carboxylic acids is 1. The fourth-order valence-corrected chi connectivity index (χ4v) is 5.63. The number of fused-ring (bicyclic) bond motifs is 3. The number of aryl methyl sites for hydroxylation is 3. The van der Waals surface area contributed by atoms with Crippen LogP contribution >= 0.6 is 22.9 Å². The molecule has 1 fully saturated rings. The minimum Gasteiger partial charge on any atom is -0.368 e. The first-order chi connectivity index (χ1) is 14.0. The van der Waals surface area contributed by atoms with Crippen molar-refractivity contribution in [2.24, 2.45) is 0 Å². The van der Waals surface area contributed by atoms with Gasteiger partial charge in [0.1, 0.15) is 5.56 Å². The zero-order valence-electron chi connectivity index (χ0n) is 16.2. The van der Waals surface area contributed by atoms with Gasteiger partial charge in [-0.25, -0.2) is 4.98 Å². The predicted octanol–water partition coefficient (Wildman–Crippen LogP) is 3.17. The van der Waals surface area contributed by atoms with Crippen LogP contribution in [0.1, 0.15) is 32.9 Å². The lowest BCUT2D eigenvalue weighted by Gasteiger charge is -2.36. The van der Waals surface area contributed by atoms with Gasteiger partial charge in [0.15, 0.2) is 4.96 Å². The molecular formula is C21H21ClN4O2S. The molecule has 0 unspecified atom stereocenters. The molecule has 1 saturated heterocycles. The summed E-state index contributed by atoms with van der Waals surface area (Å²) in [6, 6.07) is 5.87. The van der Waals surface area contributed by atoms with Crippen LogP contribution in [-0.4, -0.2) is 46.4 Å². The highest BCUT2D eigenvalue weighted by molar-refractivity contribution is 7.17. The molecule has 6 nitrogen and oxygen atoms in total. The van der Waals surface area contributed by atoms with Crippen LogP contribution in [0.4, 0.5) is 5.69 Å². The fraction of sp³-hybridized carbons (Fsp3) is 0.381. The predicted molar refractivity (Wildman–Crippen MR) is 116 cm³/mol. The Balaban J connectivity index is 1.38. The summed E-state index contributed by atoms with van der Waals surface area (Å²) >= 11 is 7.72. The van der Waals surface area contributed by atoms with E-state index >= 15 is 0 Å². The molecule has 1 aliphatic carbocycles. The third-order valence-corrected chi connectivity index (χ3v) is 7.25. The monoisotopic (exact) mass is 428 g/mol. The molecule has 3 heterocycles. The van der Waals surface area contributed by atoms with Gasteiger partial charge in [-0.1, -0.05) is 17.7 Å². The Morgan fingerprint density at radius 3 is 2.76 bits per heavy atom. The number of benzene rings is 1. The summed E-state index contributed by atoms with van der Waals surface area (Å²) in [5.74, 6) is -0.225.